The summed E-state index contributed by atoms with van der Waals surface area (Å²) >= 11 is 0. The molecule has 0 aromatic heterocycles. The van der Waals surface area contributed by atoms with E-state index in [0.29, 0.717) is 0 Å². The van der Waals surface area contributed by atoms with Gasteiger partial charge in [-0.2, -0.15) is 22.0 Å². The normalized spacial score (nSPS) is 12.8. The van der Waals surface area contributed by atoms with E-state index < -0.39 is 24.7 Å². The zero-order valence-electron chi connectivity index (χ0n) is 11.6. The Kier molecular flexibility index (Phi) is 8.00. The van der Waals surface area contributed by atoms with Crippen LogP contribution in [0.15, 0.2) is 0 Å². The lowest BCUT2D eigenvalue weighted by atomic mass is 10.3. The molecule has 0 amide bonds. The van der Waals surface area contributed by atoms with Crippen LogP contribution >= 0.6 is 0 Å². The highest BCUT2D eigenvalue weighted by Gasteiger charge is 2.58. The molecule has 0 unspecified atom stereocenters. The number of alkyl halides is 5. The van der Waals surface area contributed by atoms with Crippen LogP contribution in [0.25, 0.3) is 0 Å². The zero-order chi connectivity index (χ0) is 15.8. The van der Waals surface area contributed by atoms with Crippen molar-refractivity contribution in [2.24, 2.45) is 0 Å². The van der Waals surface area contributed by atoms with E-state index in [-0.39, 0.29) is 13.0 Å². The van der Waals surface area contributed by atoms with Crippen molar-refractivity contribution in [1.82, 2.24) is 4.90 Å². The van der Waals surface area contributed by atoms with Gasteiger partial charge < -0.3 is 9.64 Å². The summed E-state index contributed by atoms with van der Waals surface area (Å²) < 4.78 is 64.6. The maximum atomic E-state index is 12.5. The Morgan fingerprint density at radius 2 is 1.50 bits per heavy atom. The van der Waals surface area contributed by atoms with Gasteiger partial charge in [0.05, 0.1) is 6.42 Å². The summed E-state index contributed by atoms with van der Waals surface area (Å²) in [5.74, 6) is -6.05. The fourth-order valence-electron chi connectivity index (χ4n) is 1.54. The summed E-state index contributed by atoms with van der Waals surface area (Å²) in [5.41, 5.74) is 0. The third kappa shape index (κ3) is 7.02. The van der Waals surface area contributed by atoms with Crippen molar-refractivity contribution in [3.63, 3.8) is 0 Å². The Hall–Kier alpha value is -0.920. The van der Waals surface area contributed by atoms with Crippen molar-refractivity contribution in [2.75, 3.05) is 26.2 Å². The first-order valence-electron chi connectivity index (χ1n) is 6.46. The Balaban J connectivity index is 4.11. The molecule has 0 aromatic carbocycles. The van der Waals surface area contributed by atoms with Crippen molar-refractivity contribution >= 4 is 5.97 Å². The number of nitrogens with zero attached hydrogens (tertiary/aromatic N) is 1. The number of rotatable bonds is 9. The van der Waals surface area contributed by atoms with Gasteiger partial charge in [-0.05, 0) is 25.9 Å². The Bertz CT molecular complexity index is 288. The van der Waals surface area contributed by atoms with Crippen LogP contribution in [0.5, 0.6) is 0 Å². The molecule has 120 valence electrons. The molecule has 0 atom stereocenters. The summed E-state index contributed by atoms with van der Waals surface area (Å²) in [6.45, 7) is 3.70. The smallest absolute Gasteiger partial charge is 0.456 e. The standard InChI is InChI=1S/C12H20F5NO2/c1-3-6-18(7-4-2)8-5-10(19)20-9-11(13,14)12(15,16)17/h3-9H2,1-2H3. The summed E-state index contributed by atoms with van der Waals surface area (Å²) in [6, 6.07) is 0. The van der Waals surface area contributed by atoms with Crippen LogP contribution < -0.4 is 0 Å². The van der Waals surface area contributed by atoms with Gasteiger partial charge >= 0.3 is 18.1 Å². The van der Waals surface area contributed by atoms with Crippen LogP contribution in [-0.4, -0.2) is 49.2 Å². The number of hydrogen-bond acceptors (Lipinski definition) is 3. The number of halogens is 5. The molecule has 20 heavy (non-hydrogen) atoms. The van der Waals surface area contributed by atoms with Crippen molar-refractivity contribution < 1.29 is 31.5 Å². The minimum absolute atomic E-state index is 0.200. The molecule has 0 aliphatic carbocycles. The first kappa shape index (κ1) is 19.1. The molecule has 0 aliphatic heterocycles. The molecular weight excluding hydrogens is 285 g/mol. The molecule has 0 rings (SSSR count). The number of carbonyl (C=O) groups excluding carboxylic acids is 1. The van der Waals surface area contributed by atoms with Crippen molar-refractivity contribution in [3.8, 4) is 0 Å². The highest BCUT2D eigenvalue weighted by atomic mass is 19.4. The Labute approximate surface area is 115 Å². The van der Waals surface area contributed by atoms with Gasteiger partial charge in [0.15, 0.2) is 6.61 Å². The highest BCUT2D eigenvalue weighted by Crippen LogP contribution is 2.35. The molecule has 0 aromatic rings. The third-order valence-electron chi connectivity index (χ3n) is 2.54. The molecule has 0 bridgehead atoms. The van der Waals surface area contributed by atoms with Crippen LogP contribution in [0.2, 0.25) is 0 Å². The summed E-state index contributed by atoms with van der Waals surface area (Å²) in [6.07, 6.45) is -4.18. The summed E-state index contributed by atoms with van der Waals surface area (Å²) in [7, 11) is 0. The predicted molar refractivity (Wildman–Crippen MR) is 63.6 cm³/mol. The third-order valence-corrected chi connectivity index (χ3v) is 2.54. The molecule has 0 saturated heterocycles. The van der Waals surface area contributed by atoms with Crippen LogP contribution in [0.1, 0.15) is 33.1 Å². The quantitative estimate of drug-likeness (QED) is 0.484. The van der Waals surface area contributed by atoms with E-state index in [9.17, 15) is 26.7 Å². The minimum Gasteiger partial charge on any atom is -0.459 e. The van der Waals surface area contributed by atoms with Gasteiger partial charge in [0.1, 0.15) is 0 Å². The molecule has 0 fully saturated rings. The maximum absolute atomic E-state index is 12.5. The molecule has 0 aliphatic rings. The molecule has 0 heterocycles. The average molecular weight is 305 g/mol. The summed E-state index contributed by atoms with van der Waals surface area (Å²) in [4.78, 5) is 13.1. The Morgan fingerprint density at radius 1 is 1.00 bits per heavy atom. The lowest BCUT2D eigenvalue weighted by molar-refractivity contribution is -0.294. The van der Waals surface area contributed by atoms with Crippen LogP contribution in [0, 0.1) is 0 Å². The maximum Gasteiger partial charge on any atom is 0.456 e. The average Bonchev–Trinajstić information content (AvgIpc) is 2.32. The van der Waals surface area contributed by atoms with E-state index in [4.69, 9.17) is 0 Å². The topological polar surface area (TPSA) is 29.5 Å². The van der Waals surface area contributed by atoms with E-state index in [0.717, 1.165) is 25.9 Å². The number of carbonyl (C=O) groups is 1. The fraction of sp³-hybridized carbons (Fsp3) is 0.917. The van der Waals surface area contributed by atoms with Gasteiger partial charge in [-0.25, -0.2) is 0 Å². The van der Waals surface area contributed by atoms with Crippen LogP contribution in [-0.2, 0) is 9.53 Å². The van der Waals surface area contributed by atoms with Crippen molar-refractivity contribution in [1.29, 1.82) is 0 Å². The second kappa shape index (κ2) is 8.39. The predicted octanol–water partition coefficient (Wildman–Crippen LogP) is 3.24. The largest absolute Gasteiger partial charge is 0.459 e. The number of ether oxygens (including phenoxy) is 1. The lowest BCUT2D eigenvalue weighted by Crippen LogP contribution is -2.41. The molecule has 0 radical (unpaired) electrons. The van der Waals surface area contributed by atoms with E-state index in [1.807, 2.05) is 18.7 Å². The van der Waals surface area contributed by atoms with E-state index in [2.05, 4.69) is 4.74 Å². The first-order valence-corrected chi connectivity index (χ1v) is 6.46. The van der Waals surface area contributed by atoms with E-state index in [1.165, 1.54) is 0 Å². The molecule has 0 saturated carbocycles. The monoisotopic (exact) mass is 305 g/mol. The van der Waals surface area contributed by atoms with Gasteiger partial charge in [0.25, 0.3) is 0 Å². The molecule has 0 spiro atoms. The van der Waals surface area contributed by atoms with Crippen molar-refractivity contribution in [3.05, 3.63) is 0 Å². The van der Waals surface area contributed by atoms with E-state index >= 15 is 0 Å². The highest BCUT2D eigenvalue weighted by molar-refractivity contribution is 5.69. The zero-order valence-corrected chi connectivity index (χ0v) is 11.6. The molecule has 8 heteroatoms. The number of esters is 1. The van der Waals surface area contributed by atoms with Gasteiger partial charge in [-0.1, -0.05) is 13.8 Å². The molecule has 0 N–H and O–H groups in total. The second-order valence-corrected chi connectivity index (χ2v) is 4.45. The van der Waals surface area contributed by atoms with Gasteiger partial charge in [-0.15, -0.1) is 0 Å². The summed E-state index contributed by atoms with van der Waals surface area (Å²) in [5, 5.41) is 0. The van der Waals surface area contributed by atoms with Crippen LogP contribution in [0.4, 0.5) is 22.0 Å². The number of hydrogen-bond donors (Lipinski definition) is 0. The Morgan fingerprint density at radius 3 is 1.90 bits per heavy atom. The molecular formula is C12H20F5NO2. The van der Waals surface area contributed by atoms with Gasteiger partial charge in [0, 0.05) is 6.54 Å². The van der Waals surface area contributed by atoms with Gasteiger partial charge in [-0.3, -0.25) is 4.79 Å². The first-order chi connectivity index (χ1) is 9.14. The van der Waals surface area contributed by atoms with Crippen LogP contribution in [0.3, 0.4) is 0 Å². The van der Waals surface area contributed by atoms with Gasteiger partial charge in [0.2, 0.25) is 0 Å². The fourth-order valence-corrected chi connectivity index (χ4v) is 1.54. The minimum atomic E-state index is -5.70. The van der Waals surface area contributed by atoms with Crippen molar-refractivity contribution in [2.45, 2.75) is 45.2 Å². The lowest BCUT2D eigenvalue weighted by Gasteiger charge is -2.21. The van der Waals surface area contributed by atoms with E-state index in [1.54, 1.807) is 0 Å². The second-order valence-electron chi connectivity index (χ2n) is 4.45. The SMILES string of the molecule is CCCN(CCC)CCC(=O)OCC(F)(F)C(F)(F)F. The molecule has 3 nitrogen and oxygen atoms in total.